The van der Waals surface area contributed by atoms with Crippen LogP contribution in [-0.2, 0) is 0 Å². The monoisotopic (exact) mass is 397 g/mol. The number of hydrogen-bond donors (Lipinski definition) is 2. The molecular formula is C21H20ClN3O3. The van der Waals surface area contributed by atoms with E-state index in [2.05, 4.69) is 15.6 Å². The zero-order valence-electron chi connectivity index (χ0n) is 15.7. The van der Waals surface area contributed by atoms with Crippen LogP contribution >= 0.6 is 11.6 Å². The lowest BCUT2D eigenvalue weighted by Crippen LogP contribution is -2.12. The molecule has 144 valence electrons. The van der Waals surface area contributed by atoms with Crippen LogP contribution in [0.4, 0.5) is 17.2 Å². The molecule has 6 nitrogen and oxygen atoms in total. The molecule has 2 aromatic carbocycles. The average molecular weight is 398 g/mol. The molecule has 0 unspecified atom stereocenters. The van der Waals surface area contributed by atoms with Gasteiger partial charge in [0.15, 0.2) is 11.5 Å². The number of aromatic nitrogens is 1. The molecule has 0 spiro atoms. The Morgan fingerprint density at radius 2 is 1.79 bits per heavy atom. The van der Waals surface area contributed by atoms with E-state index in [0.717, 1.165) is 11.3 Å². The Bertz CT molecular complexity index is 991. The molecule has 3 aromatic rings. The van der Waals surface area contributed by atoms with E-state index < -0.39 is 0 Å². The molecule has 0 fully saturated rings. The fraction of sp³-hybridized carbons (Fsp3) is 0.143. The first kappa shape index (κ1) is 19.5. The molecule has 3 rings (SSSR count). The van der Waals surface area contributed by atoms with E-state index in [0.29, 0.717) is 33.6 Å². The summed E-state index contributed by atoms with van der Waals surface area (Å²) in [5.41, 5.74) is 2.94. The summed E-state index contributed by atoms with van der Waals surface area (Å²) in [4.78, 5) is 16.8. The molecule has 0 aliphatic rings. The summed E-state index contributed by atoms with van der Waals surface area (Å²) in [5, 5.41) is 6.65. The van der Waals surface area contributed by atoms with Gasteiger partial charge in [-0.3, -0.25) is 4.79 Å². The second-order valence-electron chi connectivity index (χ2n) is 6.04. The summed E-state index contributed by atoms with van der Waals surface area (Å²) < 4.78 is 10.4. The van der Waals surface area contributed by atoms with Gasteiger partial charge in [0.25, 0.3) is 5.91 Å². The van der Waals surface area contributed by atoms with E-state index in [9.17, 15) is 4.79 Å². The minimum atomic E-state index is -0.273. The van der Waals surface area contributed by atoms with Gasteiger partial charge in [-0.25, -0.2) is 4.98 Å². The van der Waals surface area contributed by atoms with Crippen molar-refractivity contribution in [3.8, 4) is 11.5 Å². The van der Waals surface area contributed by atoms with Gasteiger partial charge in [0.05, 0.1) is 19.8 Å². The van der Waals surface area contributed by atoms with Crippen LogP contribution in [-0.4, -0.2) is 25.1 Å². The van der Waals surface area contributed by atoms with Gasteiger partial charge in [-0.15, -0.1) is 0 Å². The van der Waals surface area contributed by atoms with E-state index in [1.807, 2.05) is 25.1 Å². The SMILES string of the molecule is COc1ccc(NC(=O)c2ccc(Nc3cc(Cl)ccc3C)nc2)cc1OC. The number of nitrogens with one attached hydrogen (secondary N) is 2. The van der Waals surface area contributed by atoms with Gasteiger partial charge in [0.1, 0.15) is 5.82 Å². The van der Waals surface area contributed by atoms with Crippen LogP contribution in [0.3, 0.4) is 0 Å². The molecule has 7 heteroatoms. The second kappa shape index (κ2) is 8.63. The Morgan fingerprint density at radius 1 is 1.00 bits per heavy atom. The molecule has 0 saturated heterocycles. The standard InChI is InChI=1S/C21H20ClN3O3/c1-13-4-6-15(22)10-17(13)25-20-9-5-14(12-23-20)21(26)24-16-7-8-18(27-2)19(11-16)28-3/h4-12H,1-3H3,(H,23,25)(H,24,26). The van der Waals surface area contributed by atoms with Crippen LogP contribution in [0, 0.1) is 6.92 Å². The van der Waals surface area contributed by atoms with Gasteiger partial charge in [0, 0.05) is 28.7 Å². The molecule has 28 heavy (non-hydrogen) atoms. The highest BCUT2D eigenvalue weighted by Crippen LogP contribution is 2.30. The number of nitrogens with zero attached hydrogens (tertiary/aromatic N) is 1. The molecule has 0 atom stereocenters. The Hall–Kier alpha value is -3.25. The molecule has 1 aromatic heterocycles. The van der Waals surface area contributed by atoms with E-state index >= 15 is 0 Å². The lowest BCUT2D eigenvalue weighted by atomic mass is 10.2. The number of halogens is 1. The third kappa shape index (κ3) is 4.53. The predicted molar refractivity (Wildman–Crippen MR) is 111 cm³/mol. The zero-order valence-corrected chi connectivity index (χ0v) is 16.5. The number of carbonyl (C=O) groups excluding carboxylic acids is 1. The van der Waals surface area contributed by atoms with Gasteiger partial charge in [-0.2, -0.15) is 0 Å². The van der Waals surface area contributed by atoms with Crippen molar-refractivity contribution < 1.29 is 14.3 Å². The third-order valence-electron chi connectivity index (χ3n) is 4.13. The molecule has 2 N–H and O–H groups in total. The van der Waals surface area contributed by atoms with Crippen molar-refractivity contribution in [3.63, 3.8) is 0 Å². The molecule has 1 amide bonds. The first-order valence-corrected chi connectivity index (χ1v) is 8.90. The Balaban J connectivity index is 1.71. The average Bonchev–Trinajstić information content (AvgIpc) is 2.71. The Labute approximate surface area is 168 Å². The summed E-state index contributed by atoms with van der Waals surface area (Å²) in [5.74, 6) is 1.47. The lowest BCUT2D eigenvalue weighted by molar-refractivity contribution is 0.102. The molecule has 0 radical (unpaired) electrons. The van der Waals surface area contributed by atoms with Crippen LogP contribution in [0.2, 0.25) is 5.02 Å². The molecule has 0 aliphatic carbocycles. The minimum absolute atomic E-state index is 0.273. The number of anilines is 3. The maximum atomic E-state index is 12.5. The molecule has 0 aliphatic heterocycles. The van der Waals surface area contributed by atoms with Crippen LogP contribution < -0.4 is 20.1 Å². The number of pyridine rings is 1. The number of amides is 1. The highest BCUT2D eigenvalue weighted by molar-refractivity contribution is 6.30. The van der Waals surface area contributed by atoms with Gasteiger partial charge >= 0.3 is 0 Å². The minimum Gasteiger partial charge on any atom is -0.493 e. The summed E-state index contributed by atoms with van der Waals surface area (Å²) >= 11 is 6.04. The number of benzene rings is 2. The summed E-state index contributed by atoms with van der Waals surface area (Å²) in [6.45, 7) is 1.98. The number of ether oxygens (including phenoxy) is 2. The summed E-state index contributed by atoms with van der Waals surface area (Å²) in [7, 11) is 3.10. The predicted octanol–water partition coefficient (Wildman–Crippen LogP) is 5.06. The van der Waals surface area contributed by atoms with Gasteiger partial charge in [-0.05, 0) is 48.9 Å². The van der Waals surface area contributed by atoms with Gasteiger partial charge in [-0.1, -0.05) is 17.7 Å². The highest BCUT2D eigenvalue weighted by atomic mass is 35.5. The van der Waals surface area contributed by atoms with Crippen LogP contribution in [0.1, 0.15) is 15.9 Å². The fourth-order valence-corrected chi connectivity index (χ4v) is 2.76. The van der Waals surface area contributed by atoms with Crippen molar-refractivity contribution in [2.75, 3.05) is 24.9 Å². The van der Waals surface area contributed by atoms with Crippen molar-refractivity contribution >= 4 is 34.7 Å². The molecule has 1 heterocycles. The number of carbonyl (C=O) groups is 1. The third-order valence-corrected chi connectivity index (χ3v) is 4.36. The van der Waals surface area contributed by atoms with Crippen LogP contribution in [0.15, 0.2) is 54.7 Å². The molecular weight excluding hydrogens is 378 g/mol. The van der Waals surface area contributed by atoms with Crippen molar-refractivity contribution in [3.05, 3.63) is 70.9 Å². The van der Waals surface area contributed by atoms with E-state index in [1.54, 1.807) is 44.6 Å². The maximum absolute atomic E-state index is 12.5. The topological polar surface area (TPSA) is 72.5 Å². The van der Waals surface area contributed by atoms with Crippen molar-refractivity contribution in [1.29, 1.82) is 0 Å². The summed E-state index contributed by atoms with van der Waals surface area (Å²) in [6, 6.07) is 14.2. The smallest absolute Gasteiger partial charge is 0.257 e. The Morgan fingerprint density at radius 3 is 2.46 bits per heavy atom. The number of rotatable bonds is 6. The second-order valence-corrected chi connectivity index (χ2v) is 6.48. The van der Waals surface area contributed by atoms with Gasteiger partial charge in [0.2, 0.25) is 0 Å². The Kier molecular flexibility index (Phi) is 6.01. The quantitative estimate of drug-likeness (QED) is 0.608. The number of methoxy groups -OCH3 is 2. The molecule has 0 saturated carbocycles. The molecule has 0 bridgehead atoms. The number of hydrogen-bond acceptors (Lipinski definition) is 5. The highest BCUT2D eigenvalue weighted by Gasteiger charge is 2.10. The largest absolute Gasteiger partial charge is 0.493 e. The van der Waals surface area contributed by atoms with Crippen molar-refractivity contribution in [2.45, 2.75) is 6.92 Å². The normalized spacial score (nSPS) is 10.3. The first-order valence-electron chi connectivity index (χ1n) is 8.53. The maximum Gasteiger partial charge on any atom is 0.257 e. The summed E-state index contributed by atoms with van der Waals surface area (Å²) in [6.07, 6.45) is 1.51. The van der Waals surface area contributed by atoms with Crippen LogP contribution in [0.25, 0.3) is 0 Å². The van der Waals surface area contributed by atoms with Crippen molar-refractivity contribution in [1.82, 2.24) is 4.98 Å². The zero-order chi connectivity index (χ0) is 20.1. The van der Waals surface area contributed by atoms with E-state index in [1.165, 1.54) is 6.20 Å². The van der Waals surface area contributed by atoms with E-state index in [-0.39, 0.29) is 5.91 Å². The van der Waals surface area contributed by atoms with Crippen molar-refractivity contribution in [2.24, 2.45) is 0 Å². The van der Waals surface area contributed by atoms with E-state index in [4.69, 9.17) is 21.1 Å². The van der Waals surface area contributed by atoms with Gasteiger partial charge < -0.3 is 20.1 Å². The number of aryl methyl sites for hydroxylation is 1. The first-order chi connectivity index (χ1) is 13.5. The lowest BCUT2D eigenvalue weighted by Gasteiger charge is -2.11. The fourth-order valence-electron chi connectivity index (χ4n) is 2.59. The van der Waals surface area contributed by atoms with Crippen LogP contribution in [0.5, 0.6) is 11.5 Å².